The summed E-state index contributed by atoms with van der Waals surface area (Å²) in [4.78, 5) is 15.0. The second-order valence-corrected chi connectivity index (χ2v) is 2.88. The summed E-state index contributed by atoms with van der Waals surface area (Å²) in [5.41, 5.74) is 1.17. The Hall–Kier alpha value is -1.68. The molecule has 0 saturated carbocycles. The molecule has 1 heterocycles. The molecule has 4 heteroatoms. The molecule has 0 unspecified atom stereocenters. The number of hydrogen-bond acceptors (Lipinski definition) is 4. The number of aliphatic hydroxyl groups excluding tert-OH is 1. The minimum absolute atomic E-state index is 0.129. The summed E-state index contributed by atoms with van der Waals surface area (Å²) in [6.07, 6.45) is 5.87. The Balaban J connectivity index is 2.68. The third-order valence-electron chi connectivity index (χ3n) is 1.79. The third-order valence-corrected chi connectivity index (χ3v) is 1.79. The van der Waals surface area contributed by atoms with Gasteiger partial charge in [-0.2, -0.15) is 0 Å². The predicted octanol–water partition coefficient (Wildman–Crippen LogP) is 1.26. The highest BCUT2D eigenvalue weighted by Gasteiger charge is 2.04. The van der Waals surface area contributed by atoms with E-state index in [1.807, 2.05) is 12.2 Å². The molecule has 0 atom stereocenters. The van der Waals surface area contributed by atoms with Crippen LogP contribution in [0.1, 0.15) is 22.5 Å². The Morgan fingerprint density at radius 3 is 2.93 bits per heavy atom. The fraction of sp³-hybridized carbons (Fsp3) is 0.273. The van der Waals surface area contributed by atoms with Crippen molar-refractivity contribution in [1.29, 1.82) is 0 Å². The molecule has 1 aromatic rings. The molecule has 0 aliphatic carbocycles. The molecule has 4 nitrogen and oxygen atoms in total. The minimum Gasteiger partial charge on any atom is -0.464 e. The van der Waals surface area contributed by atoms with E-state index >= 15 is 0 Å². The van der Waals surface area contributed by atoms with Crippen molar-refractivity contribution < 1.29 is 14.6 Å². The van der Waals surface area contributed by atoms with Crippen LogP contribution in [-0.4, -0.2) is 29.8 Å². The van der Waals surface area contributed by atoms with Gasteiger partial charge in [0, 0.05) is 12.8 Å². The van der Waals surface area contributed by atoms with E-state index in [0.717, 1.165) is 5.56 Å². The van der Waals surface area contributed by atoms with Crippen molar-refractivity contribution in [2.45, 2.75) is 6.42 Å². The monoisotopic (exact) mass is 207 g/mol. The molecule has 0 bridgehead atoms. The van der Waals surface area contributed by atoms with Crippen LogP contribution >= 0.6 is 0 Å². The second kappa shape index (κ2) is 5.93. The van der Waals surface area contributed by atoms with Gasteiger partial charge in [-0.05, 0) is 18.1 Å². The van der Waals surface area contributed by atoms with Crippen LogP contribution in [0.5, 0.6) is 0 Å². The smallest absolute Gasteiger partial charge is 0.356 e. The van der Waals surface area contributed by atoms with E-state index < -0.39 is 5.97 Å². The Morgan fingerprint density at radius 2 is 2.40 bits per heavy atom. The lowest BCUT2D eigenvalue weighted by Gasteiger charge is -1.98. The first-order valence-corrected chi connectivity index (χ1v) is 4.59. The second-order valence-electron chi connectivity index (χ2n) is 2.88. The van der Waals surface area contributed by atoms with Gasteiger partial charge in [0.05, 0.1) is 7.11 Å². The van der Waals surface area contributed by atoms with Gasteiger partial charge in [-0.3, -0.25) is 0 Å². The van der Waals surface area contributed by atoms with E-state index in [4.69, 9.17) is 5.11 Å². The molecular formula is C11H13NO3. The summed E-state index contributed by atoms with van der Waals surface area (Å²) >= 11 is 0. The summed E-state index contributed by atoms with van der Waals surface area (Å²) < 4.78 is 4.52. The van der Waals surface area contributed by atoms with Gasteiger partial charge in [0.25, 0.3) is 0 Å². The number of ether oxygens (including phenoxy) is 1. The summed E-state index contributed by atoms with van der Waals surface area (Å²) in [5, 5.41) is 8.57. The molecule has 0 fully saturated rings. The number of rotatable bonds is 4. The Labute approximate surface area is 88.2 Å². The van der Waals surface area contributed by atoms with Gasteiger partial charge in [-0.25, -0.2) is 9.78 Å². The predicted molar refractivity (Wildman–Crippen MR) is 56.3 cm³/mol. The van der Waals surface area contributed by atoms with Gasteiger partial charge >= 0.3 is 5.97 Å². The lowest BCUT2D eigenvalue weighted by Crippen LogP contribution is -2.03. The number of carbonyl (C=O) groups excluding carboxylic acids is 1. The van der Waals surface area contributed by atoms with E-state index in [1.165, 1.54) is 7.11 Å². The quantitative estimate of drug-likeness (QED) is 0.755. The van der Waals surface area contributed by atoms with E-state index in [2.05, 4.69) is 9.72 Å². The molecule has 0 radical (unpaired) electrons. The average molecular weight is 207 g/mol. The third kappa shape index (κ3) is 3.52. The highest BCUT2D eigenvalue weighted by atomic mass is 16.5. The first kappa shape index (κ1) is 11.4. The van der Waals surface area contributed by atoms with Crippen molar-refractivity contribution in [2.75, 3.05) is 13.7 Å². The summed E-state index contributed by atoms with van der Waals surface area (Å²) in [6.45, 7) is 0.129. The molecule has 80 valence electrons. The van der Waals surface area contributed by atoms with Crippen LogP contribution < -0.4 is 0 Å². The van der Waals surface area contributed by atoms with Crippen molar-refractivity contribution in [3.8, 4) is 0 Å². The number of methoxy groups -OCH3 is 1. The maximum atomic E-state index is 11.0. The Kier molecular flexibility index (Phi) is 4.50. The van der Waals surface area contributed by atoms with Crippen molar-refractivity contribution in [1.82, 2.24) is 4.98 Å². The molecule has 0 aliphatic heterocycles. The minimum atomic E-state index is -0.444. The summed E-state index contributed by atoms with van der Waals surface area (Å²) in [5.74, 6) is -0.444. The topological polar surface area (TPSA) is 59.4 Å². The number of pyridine rings is 1. The van der Waals surface area contributed by atoms with E-state index in [0.29, 0.717) is 6.42 Å². The molecule has 1 rings (SSSR count). The lowest BCUT2D eigenvalue weighted by atomic mass is 10.2. The van der Waals surface area contributed by atoms with Gasteiger partial charge < -0.3 is 9.84 Å². The van der Waals surface area contributed by atoms with Crippen LogP contribution in [0.25, 0.3) is 6.08 Å². The SMILES string of the molecule is COC(=O)c1ccc(C=CCCO)cn1. The maximum Gasteiger partial charge on any atom is 0.356 e. The van der Waals surface area contributed by atoms with E-state index in [1.54, 1.807) is 18.3 Å². The Morgan fingerprint density at radius 1 is 1.60 bits per heavy atom. The van der Waals surface area contributed by atoms with Crippen LogP contribution in [0.4, 0.5) is 0 Å². The fourth-order valence-electron chi connectivity index (χ4n) is 1.02. The van der Waals surface area contributed by atoms with Gasteiger partial charge in [0.15, 0.2) is 0 Å². The highest BCUT2D eigenvalue weighted by molar-refractivity contribution is 5.87. The number of hydrogen-bond donors (Lipinski definition) is 1. The number of esters is 1. The Bertz CT molecular complexity index is 343. The van der Waals surface area contributed by atoms with Gasteiger partial charge in [0.2, 0.25) is 0 Å². The summed E-state index contributed by atoms with van der Waals surface area (Å²) in [7, 11) is 1.32. The van der Waals surface area contributed by atoms with Crippen LogP contribution in [0.3, 0.4) is 0 Å². The zero-order chi connectivity index (χ0) is 11.1. The molecule has 0 saturated heterocycles. The molecule has 1 N–H and O–H groups in total. The van der Waals surface area contributed by atoms with Crippen molar-refractivity contribution in [3.63, 3.8) is 0 Å². The molecule has 0 aromatic carbocycles. The maximum absolute atomic E-state index is 11.0. The fourth-order valence-corrected chi connectivity index (χ4v) is 1.02. The number of nitrogens with zero attached hydrogens (tertiary/aromatic N) is 1. The highest BCUT2D eigenvalue weighted by Crippen LogP contribution is 2.04. The largest absolute Gasteiger partial charge is 0.464 e. The van der Waals surface area contributed by atoms with Gasteiger partial charge in [-0.15, -0.1) is 0 Å². The summed E-state index contributed by atoms with van der Waals surface area (Å²) in [6, 6.07) is 3.37. The molecule has 15 heavy (non-hydrogen) atoms. The molecule has 0 amide bonds. The van der Waals surface area contributed by atoms with Crippen molar-refractivity contribution in [2.24, 2.45) is 0 Å². The van der Waals surface area contributed by atoms with Crippen LogP contribution in [-0.2, 0) is 4.74 Å². The van der Waals surface area contributed by atoms with Gasteiger partial charge in [0.1, 0.15) is 5.69 Å². The number of aliphatic hydroxyl groups is 1. The molecule has 0 aliphatic rings. The molecule has 0 spiro atoms. The zero-order valence-corrected chi connectivity index (χ0v) is 8.51. The molecular weight excluding hydrogens is 194 g/mol. The number of aromatic nitrogens is 1. The average Bonchev–Trinajstić information content (AvgIpc) is 2.29. The standard InChI is InChI=1S/C11H13NO3/c1-15-11(14)10-6-5-9(8-12-10)4-2-3-7-13/h2,4-6,8,13H,3,7H2,1H3. The van der Waals surface area contributed by atoms with Crippen LogP contribution in [0, 0.1) is 0 Å². The van der Waals surface area contributed by atoms with Crippen molar-refractivity contribution >= 4 is 12.0 Å². The zero-order valence-electron chi connectivity index (χ0n) is 8.51. The number of carbonyl (C=O) groups is 1. The van der Waals surface area contributed by atoms with E-state index in [-0.39, 0.29) is 12.3 Å². The molecule has 1 aromatic heterocycles. The van der Waals surface area contributed by atoms with Gasteiger partial charge in [-0.1, -0.05) is 18.2 Å². The normalized spacial score (nSPS) is 10.5. The first-order valence-electron chi connectivity index (χ1n) is 4.59. The van der Waals surface area contributed by atoms with Crippen molar-refractivity contribution in [3.05, 3.63) is 35.7 Å². The first-order chi connectivity index (χ1) is 7.27. The van der Waals surface area contributed by atoms with E-state index in [9.17, 15) is 4.79 Å². The van der Waals surface area contributed by atoms with Crippen LogP contribution in [0.2, 0.25) is 0 Å². The van der Waals surface area contributed by atoms with Crippen LogP contribution in [0.15, 0.2) is 24.4 Å². The lowest BCUT2D eigenvalue weighted by molar-refractivity contribution is 0.0594.